The molecule has 1 atom stereocenters. The molecule has 232 valence electrons. The van der Waals surface area contributed by atoms with E-state index in [1.54, 1.807) is 6.08 Å². The maximum Gasteiger partial charge on any atom is 0.326 e. The Balaban J connectivity index is 0.00000113. The van der Waals surface area contributed by atoms with Gasteiger partial charge in [-0.25, -0.2) is 9.78 Å². The van der Waals surface area contributed by atoms with Crippen LogP contribution in [0.15, 0.2) is 40.8 Å². The monoisotopic (exact) mass is 583 g/mol. The van der Waals surface area contributed by atoms with Gasteiger partial charge in [0.05, 0.1) is 18.9 Å². The van der Waals surface area contributed by atoms with E-state index in [1.807, 2.05) is 58.9 Å². The molecule has 42 heavy (non-hydrogen) atoms. The van der Waals surface area contributed by atoms with Crippen LogP contribution in [-0.4, -0.2) is 58.3 Å². The zero-order chi connectivity index (χ0) is 31.3. The van der Waals surface area contributed by atoms with E-state index in [9.17, 15) is 14.7 Å². The molecular weight excluding hydrogens is 534 g/mol. The topological polar surface area (TPSA) is 128 Å². The third kappa shape index (κ3) is 12.6. The van der Waals surface area contributed by atoms with E-state index < -0.39 is 12.0 Å². The largest absolute Gasteiger partial charge is 0.493 e. The Morgan fingerprint density at radius 3 is 2.60 bits per heavy atom. The number of fused-ring (bicyclic) bond motifs is 1. The first kappa shape index (κ1) is 34.8. The second kappa shape index (κ2) is 16.9. The van der Waals surface area contributed by atoms with Crippen LogP contribution in [0.25, 0.3) is 6.08 Å². The fourth-order valence-corrected chi connectivity index (χ4v) is 4.17. The van der Waals surface area contributed by atoms with Crippen LogP contribution in [0.5, 0.6) is 5.75 Å². The van der Waals surface area contributed by atoms with Crippen LogP contribution in [0.4, 0.5) is 0 Å². The predicted octanol–water partition coefficient (Wildman–Crippen LogP) is 5.73. The zero-order valence-corrected chi connectivity index (χ0v) is 26.3. The summed E-state index contributed by atoms with van der Waals surface area (Å²) in [5, 5.41) is 9.69. The van der Waals surface area contributed by atoms with Gasteiger partial charge in [0.15, 0.2) is 0 Å². The van der Waals surface area contributed by atoms with Crippen LogP contribution in [-0.2, 0) is 33.7 Å². The van der Waals surface area contributed by atoms with Crippen molar-refractivity contribution in [1.82, 2.24) is 9.88 Å². The van der Waals surface area contributed by atoms with E-state index >= 15 is 0 Å². The predicted molar refractivity (Wildman–Crippen MR) is 165 cm³/mol. The quantitative estimate of drug-likeness (QED) is 0.226. The molecule has 1 aromatic carbocycles. The number of carbonyl (C=O) groups excluding carboxylic acids is 1. The van der Waals surface area contributed by atoms with Crippen LogP contribution in [0, 0.1) is 12.8 Å². The number of oxazole rings is 1. The van der Waals surface area contributed by atoms with Gasteiger partial charge in [0.2, 0.25) is 11.8 Å². The fraction of sp³-hybridized carbons (Fsp3) is 0.545. The van der Waals surface area contributed by atoms with E-state index in [2.05, 4.69) is 24.9 Å². The first-order valence-electron chi connectivity index (χ1n) is 14.7. The number of rotatable bonds is 13. The molecule has 3 rings (SSSR count). The molecular formula is C33H49N3O6. The number of carbonyl (C=O) groups is 2. The lowest BCUT2D eigenvalue weighted by Crippen LogP contribution is -2.48. The van der Waals surface area contributed by atoms with Crippen LogP contribution in [0.1, 0.15) is 82.9 Å². The van der Waals surface area contributed by atoms with Crippen molar-refractivity contribution >= 4 is 18.0 Å². The number of benzene rings is 1. The highest BCUT2D eigenvalue weighted by molar-refractivity contribution is 5.91. The van der Waals surface area contributed by atoms with Gasteiger partial charge in [0.1, 0.15) is 17.6 Å². The Hall–Kier alpha value is -3.43. The van der Waals surface area contributed by atoms with E-state index in [0.717, 1.165) is 35.4 Å². The lowest BCUT2D eigenvalue weighted by atomic mass is 9.93. The molecule has 9 heteroatoms. The molecule has 9 nitrogen and oxygen atoms in total. The van der Waals surface area contributed by atoms with Crippen molar-refractivity contribution in [3.05, 3.63) is 64.9 Å². The first-order chi connectivity index (χ1) is 19.8. The number of aryl methyl sites for hydroxylation is 1. The van der Waals surface area contributed by atoms with Crippen molar-refractivity contribution in [3.63, 3.8) is 0 Å². The average molecular weight is 584 g/mol. The highest BCUT2D eigenvalue weighted by atomic mass is 16.5. The summed E-state index contributed by atoms with van der Waals surface area (Å²) in [6.07, 6.45) is 9.98. The van der Waals surface area contributed by atoms with Crippen molar-refractivity contribution in [2.24, 2.45) is 11.7 Å². The van der Waals surface area contributed by atoms with E-state index in [4.69, 9.17) is 19.6 Å². The van der Waals surface area contributed by atoms with Gasteiger partial charge in [-0.3, -0.25) is 4.79 Å². The molecule has 0 spiro atoms. The van der Waals surface area contributed by atoms with E-state index in [0.29, 0.717) is 43.8 Å². The molecule has 1 aliphatic heterocycles. The number of ether oxygens (including phenoxy) is 2. The summed E-state index contributed by atoms with van der Waals surface area (Å²) < 4.78 is 16.9. The highest BCUT2D eigenvalue weighted by Gasteiger charge is 2.33. The van der Waals surface area contributed by atoms with Gasteiger partial charge in [0.25, 0.3) is 0 Å². The van der Waals surface area contributed by atoms with Gasteiger partial charge in [-0.15, -0.1) is 0 Å². The number of nitrogens with two attached hydrogens (primary N) is 1. The maximum absolute atomic E-state index is 12.7. The summed E-state index contributed by atoms with van der Waals surface area (Å²) in [6, 6.07) is 4.70. The molecule has 1 aromatic heterocycles. The van der Waals surface area contributed by atoms with Gasteiger partial charge in [-0.05, 0) is 82.7 Å². The molecule has 3 N–H and O–H groups in total. The van der Waals surface area contributed by atoms with Gasteiger partial charge >= 0.3 is 5.97 Å². The van der Waals surface area contributed by atoms with Crippen molar-refractivity contribution in [2.75, 3.05) is 19.8 Å². The second-order valence-electron chi connectivity index (χ2n) is 11.9. The first-order valence-corrected chi connectivity index (χ1v) is 14.7. The van der Waals surface area contributed by atoms with Crippen molar-refractivity contribution in [3.8, 4) is 5.75 Å². The summed E-state index contributed by atoms with van der Waals surface area (Å²) in [5.41, 5.74) is 8.00. The minimum absolute atomic E-state index is 0. The number of amides is 1. The zero-order valence-electron chi connectivity index (χ0n) is 26.3. The molecule has 1 aliphatic rings. The summed E-state index contributed by atoms with van der Waals surface area (Å²) in [5.74, 6) is 1.36. The third-order valence-electron chi connectivity index (χ3n) is 6.24. The summed E-state index contributed by atoms with van der Waals surface area (Å²) in [4.78, 5) is 30.5. The smallest absolute Gasteiger partial charge is 0.326 e. The van der Waals surface area contributed by atoms with Crippen molar-refractivity contribution < 1.29 is 28.6 Å². The lowest BCUT2D eigenvalue weighted by Gasteiger charge is -2.34. The molecule has 0 aliphatic carbocycles. The number of aromatic nitrogens is 1. The Morgan fingerprint density at radius 2 is 1.95 bits per heavy atom. The molecule has 1 amide bonds. The van der Waals surface area contributed by atoms with Gasteiger partial charge in [0, 0.05) is 37.6 Å². The molecule has 0 bridgehead atoms. The molecule has 0 fully saturated rings. The number of hydrogen-bond donors (Lipinski definition) is 2. The standard InChI is InChI=1S/C29H38N2O6.C4H11N/c1-5-35-15-8-11-28(32)31-19-23-17-24(13-12-22(23)18-26(31)29(33)34)36-16-14-25-21(4)37-27(30-25)10-7-6-9-20(2)3;1-4(2,3)5/h7-8,10-13,17,20,26H,5-6,9,14-16,18-19H2,1-4H3,(H,33,34);5H2,1-3H3/b10-7+,11-8+;/t26-;/m0./s1. The molecule has 0 radical (unpaired) electrons. The molecule has 0 saturated carbocycles. The third-order valence-corrected chi connectivity index (χ3v) is 6.24. The molecule has 0 unspecified atom stereocenters. The normalized spacial score (nSPS) is 15.2. The fourth-order valence-electron chi connectivity index (χ4n) is 4.17. The van der Waals surface area contributed by atoms with E-state index in [1.165, 1.54) is 11.0 Å². The number of carboxylic acids is 1. The number of allylic oxidation sites excluding steroid dienone is 1. The van der Waals surface area contributed by atoms with Gasteiger partial charge in [-0.2, -0.15) is 0 Å². The summed E-state index contributed by atoms with van der Waals surface area (Å²) in [7, 11) is 0. The maximum atomic E-state index is 12.7. The Labute approximate surface area is 250 Å². The molecule has 0 saturated heterocycles. The van der Waals surface area contributed by atoms with Gasteiger partial charge < -0.3 is 29.6 Å². The minimum Gasteiger partial charge on any atom is -0.493 e. The Kier molecular flexibility index (Phi) is 14.0. The Morgan fingerprint density at radius 1 is 1.24 bits per heavy atom. The average Bonchev–Trinajstić information content (AvgIpc) is 3.26. The van der Waals surface area contributed by atoms with E-state index in [-0.39, 0.29) is 24.4 Å². The van der Waals surface area contributed by atoms with Crippen LogP contribution < -0.4 is 10.5 Å². The second-order valence-corrected chi connectivity index (χ2v) is 11.9. The molecule has 2 heterocycles. The van der Waals surface area contributed by atoms with Gasteiger partial charge in [-0.1, -0.05) is 32.1 Å². The van der Waals surface area contributed by atoms with Crippen LogP contribution in [0.2, 0.25) is 0 Å². The lowest BCUT2D eigenvalue weighted by molar-refractivity contribution is -0.149. The number of nitrogens with zero attached hydrogens (tertiary/aromatic N) is 2. The highest BCUT2D eigenvalue weighted by Crippen LogP contribution is 2.28. The minimum atomic E-state index is -1.02. The van der Waals surface area contributed by atoms with Crippen LogP contribution in [0.3, 0.4) is 0 Å². The van der Waals surface area contributed by atoms with Crippen molar-refractivity contribution in [1.29, 1.82) is 0 Å². The van der Waals surface area contributed by atoms with Crippen molar-refractivity contribution in [2.45, 2.75) is 92.3 Å². The molecule has 2 aromatic rings. The Bertz CT molecular complexity index is 1200. The number of aliphatic carboxylic acids is 1. The summed E-state index contributed by atoms with van der Waals surface area (Å²) in [6.45, 7) is 15.6. The van der Waals surface area contributed by atoms with Crippen LogP contribution >= 0.6 is 0 Å². The SMILES string of the molecule is CC(C)(C)N.CCOC/C=C/C(=O)N1Cc2cc(OCCc3nc(/C=C/CCC(C)C)oc3C)ccc2C[C@H]1C(=O)O. The number of carboxylic acid groups (broad SMARTS) is 1. The summed E-state index contributed by atoms with van der Waals surface area (Å²) >= 11 is 0. The number of hydrogen-bond acceptors (Lipinski definition) is 7.